The molecule has 0 saturated heterocycles. The van der Waals surface area contributed by atoms with Crippen LogP contribution in [0.4, 0.5) is 0 Å². The van der Waals surface area contributed by atoms with Crippen LogP contribution in [-0.2, 0) is 0 Å². The molecular weight excluding hydrogens is 276 g/mol. The quantitative estimate of drug-likeness (QED) is 0.471. The maximum Gasteiger partial charge on any atom is -0.0295 e. The molecule has 0 aromatic carbocycles. The molecule has 2 fully saturated rings. The Bertz CT molecular complexity index is 195. The molecule has 144 valence electrons. The van der Waals surface area contributed by atoms with Gasteiger partial charge in [-0.15, -0.1) is 0 Å². The Kier molecular flexibility index (Phi) is 20.4. The summed E-state index contributed by atoms with van der Waals surface area (Å²) >= 11 is 0. The molecule has 0 N–H and O–H groups in total. The largest absolute Gasteiger partial charge is 0.0683 e. The minimum absolute atomic E-state index is 0.786. The van der Waals surface area contributed by atoms with E-state index in [1.165, 1.54) is 57.8 Å². The van der Waals surface area contributed by atoms with Crippen LogP contribution in [0, 0.1) is 16.7 Å². The Morgan fingerprint density at radius 1 is 0.652 bits per heavy atom. The third-order valence-corrected chi connectivity index (χ3v) is 5.55. The zero-order valence-corrected chi connectivity index (χ0v) is 18.9. The third-order valence-electron chi connectivity index (χ3n) is 5.55. The molecule has 0 aromatic rings. The molecule has 0 aromatic heterocycles. The summed E-state index contributed by atoms with van der Waals surface area (Å²) in [6.07, 6.45) is 13.1. The summed E-state index contributed by atoms with van der Waals surface area (Å²) in [4.78, 5) is 0. The van der Waals surface area contributed by atoms with Crippen molar-refractivity contribution in [2.24, 2.45) is 16.7 Å². The van der Waals surface area contributed by atoms with Gasteiger partial charge in [-0.05, 0) is 48.9 Å². The van der Waals surface area contributed by atoms with Gasteiger partial charge in [0.05, 0.1) is 0 Å². The number of hydrogen-bond acceptors (Lipinski definition) is 0. The van der Waals surface area contributed by atoms with Gasteiger partial charge in [-0.25, -0.2) is 0 Å². The van der Waals surface area contributed by atoms with Crippen molar-refractivity contribution < 1.29 is 0 Å². The van der Waals surface area contributed by atoms with Crippen LogP contribution < -0.4 is 0 Å². The molecule has 2 saturated carbocycles. The number of rotatable bonds is 5. The minimum atomic E-state index is 0.786. The molecule has 0 spiro atoms. The molecule has 2 aliphatic rings. The van der Waals surface area contributed by atoms with E-state index in [0.29, 0.717) is 0 Å². The predicted octanol–water partition coefficient (Wildman–Crippen LogP) is 9.28. The van der Waals surface area contributed by atoms with Gasteiger partial charge in [0.15, 0.2) is 0 Å². The summed E-state index contributed by atoms with van der Waals surface area (Å²) in [5, 5.41) is 0. The highest BCUT2D eigenvalue weighted by molar-refractivity contribution is 4.90. The summed E-state index contributed by atoms with van der Waals surface area (Å²) in [6.45, 7) is 23.6. The molecule has 0 bridgehead atoms. The van der Waals surface area contributed by atoms with Gasteiger partial charge in [-0.2, -0.15) is 0 Å². The highest BCUT2D eigenvalue weighted by Gasteiger charge is 2.39. The van der Waals surface area contributed by atoms with Gasteiger partial charge in [-0.1, -0.05) is 102 Å². The zero-order chi connectivity index (χ0) is 18.9. The van der Waals surface area contributed by atoms with Crippen molar-refractivity contribution in [1.82, 2.24) is 0 Å². The zero-order valence-electron chi connectivity index (χ0n) is 18.9. The normalized spacial score (nSPS) is 25.4. The van der Waals surface area contributed by atoms with E-state index in [4.69, 9.17) is 0 Å². The maximum absolute atomic E-state index is 2.38. The average Bonchev–Trinajstić information content (AvgIpc) is 3.40. The van der Waals surface area contributed by atoms with E-state index in [1.807, 2.05) is 41.5 Å². The van der Waals surface area contributed by atoms with E-state index in [0.717, 1.165) is 16.7 Å². The number of hydrogen-bond donors (Lipinski definition) is 0. The molecule has 0 atom stereocenters. The first kappa shape index (κ1) is 27.8. The highest BCUT2D eigenvalue weighted by atomic mass is 14.4. The lowest BCUT2D eigenvalue weighted by Crippen LogP contribution is -2.34. The monoisotopic (exact) mass is 328 g/mol. The smallest absolute Gasteiger partial charge is 0.0295 e. The summed E-state index contributed by atoms with van der Waals surface area (Å²) in [5.74, 6) is 1.02. The molecule has 23 heavy (non-hydrogen) atoms. The van der Waals surface area contributed by atoms with E-state index in [2.05, 4.69) is 34.6 Å². The molecule has 0 unspecified atom stereocenters. The SMILES string of the molecule is CC.CC.CC.CCC1(CC)CC1.CCCC1(CC)CC(C)C1. The van der Waals surface area contributed by atoms with Crippen LogP contribution in [-0.4, -0.2) is 0 Å². The fourth-order valence-corrected chi connectivity index (χ4v) is 3.75. The van der Waals surface area contributed by atoms with E-state index in [1.54, 1.807) is 0 Å². The van der Waals surface area contributed by atoms with Gasteiger partial charge in [0.1, 0.15) is 0 Å². The van der Waals surface area contributed by atoms with Crippen molar-refractivity contribution in [3.63, 3.8) is 0 Å². The lowest BCUT2D eigenvalue weighted by atomic mass is 9.59. The van der Waals surface area contributed by atoms with Crippen molar-refractivity contribution in [1.29, 1.82) is 0 Å². The van der Waals surface area contributed by atoms with Gasteiger partial charge in [-0.3, -0.25) is 0 Å². The molecule has 0 heterocycles. The first-order valence-electron chi connectivity index (χ1n) is 11.1. The Balaban J connectivity index is -0.000000270. The van der Waals surface area contributed by atoms with Crippen LogP contribution in [0.1, 0.15) is 134 Å². The Morgan fingerprint density at radius 3 is 1.13 bits per heavy atom. The molecule has 0 heteroatoms. The summed E-state index contributed by atoms with van der Waals surface area (Å²) in [6, 6.07) is 0. The van der Waals surface area contributed by atoms with Gasteiger partial charge in [0.25, 0.3) is 0 Å². The first-order chi connectivity index (χ1) is 11.1. The fraction of sp³-hybridized carbons (Fsp3) is 1.00. The molecule has 0 aliphatic heterocycles. The Labute approximate surface area is 151 Å². The van der Waals surface area contributed by atoms with E-state index in [-0.39, 0.29) is 0 Å². The summed E-state index contributed by atoms with van der Waals surface area (Å²) < 4.78 is 0. The molecule has 2 aliphatic carbocycles. The van der Waals surface area contributed by atoms with Gasteiger partial charge < -0.3 is 0 Å². The van der Waals surface area contributed by atoms with Crippen LogP contribution in [0.15, 0.2) is 0 Å². The minimum Gasteiger partial charge on any atom is -0.0683 e. The highest BCUT2D eigenvalue weighted by Crippen LogP contribution is 2.51. The van der Waals surface area contributed by atoms with Crippen molar-refractivity contribution in [3.8, 4) is 0 Å². The van der Waals surface area contributed by atoms with Crippen LogP contribution in [0.25, 0.3) is 0 Å². The van der Waals surface area contributed by atoms with E-state index < -0.39 is 0 Å². The second-order valence-electron chi connectivity index (χ2n) is 6.82. The predicted molar refractivity (Wildman–Crippen MR) is 112 cm³/mol. The Hall–Kier alpha value is 0. The average molecular weight is 329 g/mol. The molecule has 0 radical (unpaired) electrons. The van der Waals surface area contributed by atoms with Gasteiger partial charge in [0, 0.05) is 0 Å². The van der Waals surface area contributed by atoms with Crippen molar-refractivity contribution in [2.45, 2.75) is 134 Å². The van der Waals surface area contributed by atoms with Gasteiger partial charge in [0.2, 0.25) is 0 Å². The van der Waals surface area contributed by atoms with Gasteiger partial charge >= 0.3 is 0 Å². The van der Waals surface area contributed by atoms with Crippen LogP contribution in [0.5, 0.6) is 0 Å². The Morgan fingerprint density at radius 2 is 1.00 bits per heavy atom. The maximum atomic E-state index is 2.38. The van der Waals surface area contributed by atoms with E-state index >= 15 is 0 Å². The van der Waals surface area contributed by atoms with Crippen LogP contribution >= 0.6 is 0 Å². The van der Waals surface area contributed by atoms with Crippen LogP contribution in [0.3, 0.4) is 0 Å². The summed E-state index contributed by atoms with van der Waals surface area (Å²) in [5.41, 5.74) is 1.62. The molecule has 2 rings (SSSR count). The third kappa shape index (κ3) is 11.2. The first-order valence-corrected chi connectivity index (χ1v) is 11.1. The van der Waals surface area contributed by atoms with Crippen LogP contribution in [0.2, 0.25) is 0 Å². The van der Waals surface area contributed by atoms with Crippen molar-refractivity contribution >= 4 is 0 Å². The summed E-state index contributed by atoms with van der Waals surface area (Å²) in [7, 11) is 0. The topological polar surface area (TPSA) is 0 Å². The lowest BCUT2D eigenvalue weighted by molar-refractivity contribution is 0.0504. The lowest BCUT2D eigenvalue weighted by Gasteiger charge is -2.46. The second-order valence-corrected chi connectivity index (χ2v) is 6.82. The molecule has 0 amide bonds. The molecular formula is C23H52. The second kappa shape index (κ2) is 16.8. The fourth-order valence-electron chi connectivity index (χ4n) is 3.75. The standard InChI is InChI=1S/C10H20.C7H14.3C2H6/c1-4-6-10(5-2)7-9(3)8-10;1-3-7(4-2)5-6-7;3*1-2/h9H,4-8H2,1-3H3;3-6H2,1-2H3;3*1-2H3. The van der Waals surface area contributed by atoms with E-state index in [9.17, 15) is 0 Å². The van der Waals surface area contributed by atoms with Crippen molar-refractivity contribution in [3.05, 3.63) is 0 Å². The molecule has 0 nitrogen and oxygen atoms in total. The van der Waals surface area contributed by atoms with Crippen molar-refractivity contribution in [2.75, 3.05) is 0 Å².